The molecule has 0 unspecified atom stereocenters. The third kappa shape index (κ3) is 3.46. The topological polar surface area (TPSA) is 132 Å². The summed E-state index contributed by atoms with van der Waals surface area (Å²) >= 11 is 0. The predicted molar refractivity (Wildman–Crippen MR) is 128 cm³/mol. The number of pyridine rings is 1. The van der Waals surface area contributed by atoms with Crippen LogP contribution >= 0.6 is 0 Å². The normalized spacial score (nSPS) is 27.1. The summed E-state index contributed by atoms with van der Waals surface area (Å²) in [7, 11) is 0. The smallest absolute Gasteiger partial charge is 0.165 e. The fourth-order valence-electron chi connectivity index (χ4n) is 5.38. The molecule has 1 saturated carbocycles. The third-order valence-corrected chi connectivity index (χ3v) is 7.20. The fraction of sp³-hybridized carbons (Fsp3) is 0.417. The number of rotatable bonds is 5. The highest BCUT2D eigenvalue weighted by Crippen LogP contribution is 2.37. The van der Waals surface area contributed by atoms with Gasteiger partial charge in [-0.2, -0.15) is 0 Å². The van der Waals surface area contributed by atoms with Gasteiger partial charge in [-0.25, -0.2) is 19.9 Å². The maximum absolute atomic E-state index is 10.5. The van der Waals surface area contributed by atoms with E-state index >= 15 is 0 Å². The molecular formula is C24H27N7O3. The summed E-state index contributed by atoms with van der Waals surface area (Å²) < 4.78 is 1.78. The predicted octanol–water partition coefficient (Wildman–Crippen LogP) is 1.34. The van der Waals surface area contributed by atoms with Gasteiger partial charge in [-0.05, 0) is 24.3 Å². The molecule has 176 valence electrons. The number of hydrogen-bond acceptors (Lipinski definition) is 9. The number of imidazole rings is 1. The molecule has 1 aliphatic heterocycles. The number of hydrogen-bond donors (Lipinski definition) is 4. The molecule has 1 aliphatic carbocycles. The second-order valence-corrected chi connectivity index (χ2v) is 9.20. The first kappa shape index (κ1) is 21.2. The number of aromatic nitrogens is 5. The van der Waals surface area contributed by atoms with Crippen LogP contribution in [0, 0.1) is 5.92 Å². The molecule has 0 spiro atoms. The van der Waals surface area contributed by atoms with Crippen molar-refractivity contribution >= 4 is 33.6 Å². The van der Waals surface area contributed by atoms with Crippen molar-refractivity contribution in [2.75, 3.05) is 29.9 Å². The molecule has 2 aliphatic rings. The maximum atomic E-state index is 10.5. The fourth-order valence-corrected chi connectivity index (χ4v) is 5.38. The number of benzene rings is 1. The Kier molecular flexibility index (Phi) is 5.28. The monoisotopic (exact) mass is 461 g/mol. The van der Waals surface area contributed by atoms with E-state index in [0.29, 0.717) is 23.4 Å². The van der Waals surface area contributed by atoms with Crippen LogP contribution in [0.4, 0.5) is 11.6 Å². The zero-order valence-electron chi connectivity index (χ0n) is 18.6. The Hall–Kier alpha value is -3.34. The molecule has 34 heavy (non-hydrogen) atoms. The lowest BCUT2D eigenvalue weighted by Crippen LogP contribution is -2.30. The van der Waals surface area contributed by atoms with Gasteiger partial charge in [0, 0.05) is 43.2 Å². The molecule has 1 aromatic carbocycles. The molecule has 5 atom stereocenters. The van der Waals surface area contributed by atoms with Gasteiger partial charge >= 0.3 is 0 Å². The summed E-state index contributed by atoms with van der Waals surface area (Å²) in [5.41, 5.74) is 1.22. The summed E-state index contributed by atoms with van der Waals surface area (Å²) in [5.74, 6) is 1.27. The molecule has 10 nitrogen and oxygen atoms in total. The van der Waals surface area contributed by atoms with Gasteiger partial charge in [-0.3, -0.25) is 0 Å². The molecule has 0 radical (unpaired) electrons. The van der Waals surface area contributed by atoms with Crippen molar-refractivity contribution < 1.29 is 15.3 Å². The Balaban J connectivity index is 1.23. The molecule has 0 bridgehead atoms. The Bertz CT molecular complexity index is 1320. The van der Waals surface area contributed by atoms with E-state index in [1.807, 2.05) is 24.4 Å². The van der Waals surface area contributed by atoms with Crippen LogP contribution in [0.3, 0.4) is 0 Å². The van der Waals surface area contributed by atoms with Crippen molar-refractivity contribution in [3.63, 3.8) is 0 Å². The van der Waals surface area contributed by atoms with Crippen molar-refractivity contribution in [1.82, 2.24) is 24.5 Å². The lowest BCUT2D eigenvalue weighted by Gasteiger charge is -2.20. The van der Waals surface area contributed by atoms with Gasteiger partial charge in [0.2, 0.25) is 0 Å². The number of nitrogens with zero attached hydrogens (tertiary/aromatic N) is 6. The van der Waals surface area contributed by atoms with Gasteiger partial charge in [0.25, 0.3) is 0 Å². The highest BCUT2D eigenvalue weighted by molar-refractivity contribution is 5.92. The van der Waals surface area contributed by atoms with E-state index in [1.165, 1.54) is 11.7 Å². The summed E-state index contributed by atoms with van der Waals surface area (Å²) in [6.45, 7) is 1.50. The molecule has 2 fully saturated rings. The van der Waals surface area contributed by atoms with Gasteiger partial charge in [0.1, 0.15) is 23.8 Å². The van der Waals surface area contributed by atoms with E-state index in [2.05, 4.69) is 42.3 Å². The highest BCUT2D eigenvalue weighted by Gasteiger charge is 2.42. The molecule has 4 heterocycles. The molecule has 3 aromatic heterocycles. The van der Waals surface area contributed by atoms with Crippen LogP contribution in [-0.2, 0) is 0 Å². The second kappa shape index (κ2) is 8.46. The van der Waals surface area contributed by atoms with Crippen LogP contribution in [0.25, 0.3) is 21.9 Å². The standard InChI is InChI=1S/C24H27N7O3/c32-11-15-9-18(21(34)20(15)33)31-13-28-19-22(26-12-27-24(19)31)29-16-6-8-30(10-16)23-17-4-2-1-3-14(17)5-7-25-23/h1-5,7,12-13,15-16,18,20-21,32-34H,6,8-11H2,(H,26,27,29)/t15-,16+,18-,20+,21-/m1/s1. The van der Waals surface area contributed by atoms with E-state index in [4.69, 9.17) is 0 Å². The van der Waals surface area contributed by atoms with Crippen molar-refractivity contribution in [1.29, 1.82) is 0 Å². The van der Waals surface area contributed by atoms with Crippen LogP contribution < -0.4 is 10.2 Å². The third-order valence-electron chi connectivity index (χ3n) is 7.20. The zero-order valence-corrected chi connectivity index (χ0v) is 18.6. The molecule has 4 N–H and O–H groups in total. The molecule has 4 aromatic rings. The SMILES string of the molecule is OC[C@H]1C[C@@H](n2cnc3c(N[C@H]4CCN(c5nccc6ccccc56)C4)ncnc32)[C@@H](O)[C@H]1O. The minimum atomic E-state index is -0.988. The summed E-state index contributed by atoms with van der Waals surface area (Å²) in [6.07, 6.45) is 4.40. The second-order valence-electron chi connectivity index (χ2n) is 9.20. The van der Waals surface area contributed by atoms with Gasteiger partial charge in [0.05, 0.1) is 18.5 Å². The van der Waals surface area contributed by atoms with Gasteiger partial charge in [-0.1, -0.05) is 24.3 Å². The average Bonchev–Trinajstić information content (AvgIpc) is 3.58. The number of nitrogens with one attached hydrogen (secondary N) is 1. The van der Waals surface area contributed by atoms with E-state index in [9.17, 15) is 15.3 Å². The van der Waals surface area contributed by atoms with Crippen molar-refractivity contribution in [2.45, 2.75) is 37.1 Å². The first-order chi connectivity index (χ1) is 16.6. The van der Waals surface area contributed by atoms with Gasteiger partial charge in [0.15, 0.2) is 11.5 Å². The summed E-state index contributed by atoms with van der Waals surface area (Å²) in [5, 5.41) is 36.1. The van der Waals surface area contributed by atoms with E-state index in [0.717, 1.165) is 30.7 Å². The minimum Gasteiger partial charge on any atom is -0.396 e. The minimum absolute atomic E-state index is 0.168. The molecule has 10 heteroatoms. The largest absolute Gasteiger partial charge is 0.396 e. The van der Waals surface area contributed by atoms with E-state index < -0.39 is 18.2 Å². The van der Waals surface area contributed by atoms with Crippen LogP contribution in [0.15, 0.2) is 49.2 Å². The molecule has 1 saturated heterocycles. The summed E-state index contributed by atoms with van der Waals surface area (Å²) in [4.78, 5) is 20.3. The van der Waals surface area contributed by atoms with Crippen LogP contribution in [0.1, 0.15) is 18.9 Å². The zero-order chi connectivity index (χ0) is 23.2. The van der Waals surface area contributed by atoms with Crippen LogP contribution in [0.5, 0.6) is 0 Å². The van der Waals surface area contributed by atoms with Crippen molar-refractivity contribution in [3.05, 3.63) is 49.2 Å². The molecular weight excluding hydrogens is 434 g/mol. The first-order valence-electron chi connectivity index (χ1n) is 11.6. The number of anilines is 2. The Morgan fingerprint density at radius 1 is 1.03 bits per heavy atom. The Morgan fingerprint density at radius 3 is 2.76 bits per heavy atom. The Labute approximate surface area is 195 Å². The quantitative estimate of drug-likeness (QED) is 0.347. The van der Waals surface area contributed by atoms with E-state index in [1.54, 1.807) is 10.9 Å². The number of aliphatic hydroxyl groups is 3. The first-order valence-corrected chi connectivity index (χ1v) is 11.6. The van der Waals surface area contributed by atoms with Crippen molar-refractivity contribution in [3.8, 4) is 0 Å². The van der Waals surface area contributed by atoms with Crippen LogP contribution in [0.2, 0.25) is 0 Å². The molecule has 6 rings (SSSR count). The lowest BCUT2D eigenvalue weighted by atomic mass is 10.1. The highest BCUT2D eigenvalue weighted by atomic mass is 16.3. The average molecular weight is 462 g/mol. The van der Waals surface area contributed by atoms with Gasteiger partial charge < -0.3 is 30.1 Å². The van der Waals surface area contributed by atoms with Gasteiger partial charge in [-0.15, -0.1) is 0 Å². The van der Waals surface area contributed by atoms with Crippen molar-refractivity contribution in [2.24, 2.45) is 5.92 Å². The Morgan fingerprint density at radius 2 is 1.91 bits per heavy atom. The van der Waals surface area contributed by atoms with Crippen LogP contribution in [-0.4, -0.2) is 77.8 Å². The van der Waals surface area contributed by atoms with E-state index in [-0.39, 0.29) is 18.6 Å². The lowest BCUT2D eigenvalue weighted by molar-refractivity contribution is -0.00370. The molecule has 0 amide bonds. The maximum Gasteiger partial charge on any atom is 0.165 e. The number of aliphatic hydroxyl groups excluding tert-OH is 3. The number of fused-ring (bicyclic) bond motifs is 2. The summed E-state index contributed by atoms with van der Waals surface area (Å²) in [6, 6.07) is 10.1.